The summed E-state index contributed by atoms with van der Waals surface area (Å²) in [5.41, 5.74) is 4.93. The lowest BCUT2D eigenvalue weighted by molar-refractivity contribution is -0.138. The molecule has 0 amide bonds. The molecule has 0 bridgehead atoms. The fourth-order valence-electron chi connectivity index (χ4n) is 4.51. The molecule has 2 aliphatic rings. The summed E-state index contributed by atoms with van der Waals surface area (Å²) in [4.78, 5) is 28.0. The minimum Gasteiger partial charge on any atom is -0.489 e. The van der Waals surface area contributed by atoms with Gasteiger partial charge in [-0.1, -0.05) is 11.6 Å². The number of esters is 1. The monoisotopic (exact) mass is 485 g/mol. The first-order valence-corrected chi connectivity index (χ1v) is 12.4. The summed E-state index contributed by atoms with van der Waals surface area (Å²) in [7, 11) is 0. The smallest absolute Gasteiger partial charge is 0.336 e. The second-order valence-electron chi connectivity index (χ2n) is 8.41. The average molecular weight is 486 g/mol. The van der Waals surface area contributed by atoms with Crippen LogP contribution in [0.25, 0.3) is 0 Å². The SMILES string of the molecule is CCOC(=O)C1=C(C)NC2=C(C(=O)CCC2)C1c1cc(COc2ccc(Cl)cc2C)c(C)s1. The third-order valence-electron chi connectivity index (χ3n) is 6.12. The number of thiophene rings is 1. The Kier molecular flexibility index (Phi) is 6.96. The summed E-state index contributed by atoms with van der Waals surface area (Å²) in [5.74, 6) is 0.0911. The van der Waals surface area contributed by atoms with Gasteiger partial charge in [-0.15, -0.1) is 11.3 Å². The fourth-order valence-corrected chi connectivity index (χ4v) is 5.89. The van der Waals surface area contributed by atoms with Crippen LogP contribution in [-0.4, -0.2) is 18.4 Å². The number of ether oxygens (including phenoxy) is 2. The van der Waals surface area contributed by atoms with Crippen molar-refractivity contribution in [3.63, 3.8) is 0 Å². The molecule has 33 heavy (non-hydrogen) atoms. The summed E-state index contributed by atoms with van der Waals surface area (Å²) in [6.07, 6.45) is 2.13. The summed E-state index contributed by atoms with van der Waals surface area (Å²) in [6.45, 7) is 8.36. The first kappa shape index (κ1) is 23.6. The van der Waals surface area contributed by atoms with E-state index in [2.05, 4.69) is 11.4 Å². The van der Waals surface area contributed by atoms with E-state index in [9.17, 15) is 9.59 Å². The van der Waals surface area contributed by atoms with E-state index in [1.165, 1.54) is 0 Å². The Balaban J connectivity index is 1.70. The van der Waals surface area contributed by atoms with Crippen LogP contribution in [0.1, 0.15) is 59.9 Å². The highest BCUT2D eigenvalue weighted by Gasteiger charge is 2.40. The van der Waals surface area contributed by atoms with E-state index in [1.54, 1.807) is 18.3 Å². The van der Waals surface area contributed by atoms with Crippen LogP contribution in [0, 0.1) is 13.8 Å². The van der Waals surface area contributed by atoms with E-state index < -0.39 is 5.92 Å². The maximum absolute atomic E-state index is 13.0. The molecular formula is C26H28ClNO4S. The summed E-state index contributed by atoms with van der Waals surface area (Å²) in [6, 6.07) is 7.63. The second kappa shape index (κ2) is 9.74. The van der Waals surface area contributed by atoms with Gasteiger partial charge in [0.1, 0.15) is 12.4 Å². The molecule has 0 saturated carbocycles. The molecule has 4 rings (SSSR count). The number of carbonyl (C=O) groups is 2. The topological polar surface area (TPSA) is 64.6 Å². The van der Waals surface area contributed by atoms with Gasteiger partial charge < -0.3 is 14.8 Å². The number of hydrogen-bond acceptors (Lipinski definition) is 6. The molecule has 0 radical (unpaired) electrons. The van der Waals surface area contributed by atoms with E-state index in [4.69, 9.17) is 21.1 Å². The predicted molar refractivity (Wildman–Crippen MR) is 131 cm³/mol. The Morgan fingerprint density at radius 2 is 2.00 bits per heavy atom. The fraction of sp³-hybridized carbons (Fsp3) is 0.385. The van der Waals surface area contributed by atoms with Crippen LogP contribution in [0.2, 0.25) is 5.02 Å². The Morgan fingerprint density at radius 3 is 2.73 bits per heavy atom. The molecule has 2 heterocycles. The minimum atomic E-state index is -0.414. The molecule has 1 aromatic carbocycles. The highest BCUT2D eigenvalue weighted by atomic mass is 35.5. The largest absolute Gasteiger partial charge is 0.489 e. The molecular weight excluding hydrogens is 458 g/mol. The zero-order valence-electron chi connectivity index (χ0n) is 19.3. The van der Waals surface area contributed by atoms with Gasteiger partial charge in [-0.25, -0.2) is 4.79 Å². The van der Waals surface area contributed by atoms with Crippen molar-refractivity contribution in [2.45, 2.75) is 59.5 Å². The summed E-state index contributed by atoms with van der Waals surface area (Å²) < 4.78 is 11.5. The van der Waals surface area contributed by atoms with Crippen LogP contribution in [0.4, 0.5) is 0 Å². The number of hydrogen-bond donors (Lipinski definition) is 1. The van der Waals surface area contributed by atoms with Crippen LogP contribution in [0.15, 0.2) is 46.8 Å². The number of halogens is 1. The molecule has 1 aliphatic heterocycles. The third kappa shape index (κ3) is 4.73. The van der Waals surface area contributed by atoms with Crippen molar-refractivity contribution in [2.75, 3.05) is 6.61 Å². The van der Waals surface area contributed by atoms with Crippen LogP contribution in [0.5, 0.6) is 5.75 Å². The molecule has 0 fully saturated rings. The molecule has 0 spiro atoms. The maximum atomic E-state index is 13.0. The Bertz CT molecular complexity index is 1180. The Labute approximate surface area is 203 Å². The maximum Gasteiger partial charge on any atom is 0.336 e. The number of nitrogens with one attached hydrogen (secondary N) is 1. The van der Waals surface area contributed by atoms with Crippen molar-refractivity contribution in [2.24, 2.45) is 0 Å². The van der Waals surface area contributed by atoms with Gasteiger partial charge in [0.15, 0.2) is 5.78 Å². The van der Waals surface area contributed by atoms with E-state index in [1.807, 2.05) is 39.0 Å². The number of benzene rings is 1. The molecule has 0 saturated heterocycles. The molecule has 1 aliphatic carbocycles. The van der Waals surface area contributed by atoms with Crippen molar-refractivity contribution < 1.29 is 19.1 Å². The zero-order chi connectivity index (χ0) is 23.7. The van der Waals surface area contributed by atoms with Crippen LogP contribution >= 0.6 is 22.9 Å². The molecule has 1 N–H and O–H groups in total. The number of carbonyl (C=O) groups excluding carboxylic acids is 2. The van der Waals surface area contributed by atoms with Crippen LogP contribution in [0.3, 0.4) is 0 Å². The highest BCUT2D eigenvalue weighted by Crippen LogP contribution is 2.45. The van der Waals surface area contributed by atoms with Crippen molar-refractivity contribution in [3.8, 4) is 5.75 Å². The van der Waals surface area contributed by atoms with Gasteiger partial charge >= 0.3 is 5.97 Å². The lowest BCUT2D eigenvalue weighted by Gasteiger charge is -2.33. The van der Waals surface area contributed by atoms with Gasteiger partial charge in [0.05, 0.1) is 18.1 Å². The van der Waals surface area contributed by atoms with Crippen molar-refractivity contribution in [3.05, 3.63) is 72.7 Å². The van der Waals surface area contributed by atoms with Gasteiger partial charge in [0.2, 0.25) is 0 Å². The minimum absolute atomic E-state index is 0.101. The van der Waals surface area contributed by atoms with Gasteiger partial charge in [-0.2, -0.15) is 0 Å². The number of allylic oxidation sites excluding steroid dienone is 3. The quantitative estimate of drug-likeness (QED) is 0.499. The van der Waals surface area contributed by atoms with E-state index in [0.717, 1.165) is 50.9 Å². The molecule has 1 aromatic heterocycles. The highest BCUT2D eigenvalue weighted by molar-refractivity contribution is 7.12. The van der Waals surface area contributed by atoms with Crippen molar-refractivity contribution in [1.29, 1.82) is 0 Å². The molecule has 5 nitrogen and oxygen atoms in total. The first-order chi connectivity index (χ1) is 15.8. The second-order valence-corrected chi connectivity index (χ2v) is 10.1. The molecule has 1 unspecified atom stereocenters. The average Bonchev–Trinajstić information content (AvgIpc) is 3.12. The lowest BCUT2D eigenvalue weighted by Crippen LogP contribution is -2.34. The Hall–Kier alpha value is -2.57. The summed E-state index contributed by atoms with van der Waals surface area (Å²) >= 11 is 7.66. The zero-order valence-corrected chi connectivity index (χ0v) is 20.9. The molecule has 174 valence electrons. The van der Waals surface area contributed by atoms with E-state index in [0.29, 0.717) is 29.2 Å². The van der Waals surface area contributed by atoms with E-state index >= 15 is 0 Å². The van der Waals surface area contributed by atoms with Crippen LogP contribution < -0.4 is 10.1 Å². The summed E-state index contributed by atoms with van der Waals surface area (Å²) in [5, 5.41) is 4.00. The first-order valence-electron chi connectivity index (χ1n) is 11.2. The number of rotatable bonds is 6. The number of dihydropyridines is 1. The third-order valence-corrected chi connectivity index (χ3v) is 7.51. The van der Waals surface area contributed by atoms with Crippen molar-refractivity contribution >= 4 is 34.7 Å². The number of ketones is 1. The van der Waals surface area contributed by atoms with Gasteiger partial charge in [-0.3, -0.25) is 4.79 Å². The van der Waals surface area contributed by atoms with Crippen molar-refractivity contribution in [1.82, 2.24) is 5.32 Å². The van der Waals surface area contributed by atoms with Gasteiger partial charge in [-0.05, 0) is 70.4 Å². The van der Waals surface area contributed by atoms with Crippen LogP contribution in [-0.2, 0) is 20.9 Å². The molecule has 7 heteroatoms. The molecule has 2 aromatic rings. The number of aryl methyl sites for hydroxylation is 2. The number of Topliss-reactive ketones (excluding diaryl/α,β-unsaturated/α-hetero) is 1. The molecule has 1 atom stereocenters. The standard InChI is InChI=1S/C26H28ClNO4S/c1-5-31-26(30)23-15(3)28-19-7-6-8-20(29)24(19)25(23)22-12-17(16(4)33-22)13-32-21-10-9-18(27)11-14(21)2/h9-12,25,28H,5-8,13H2,1-4H3. The lowest BCUT2D eigenvalue weighted by atomic mass is 9.78. The normalized spacial score (nSPS) is 18.2. The Morgan fingerprint density at radius 1 is 1.21 bits per heavy atom. The van der Waals surface area contributed by atoms with E-state index in [-0.39, 0.29) is 18.4 Å². The van der Waals surface area contributed by atoms with Gasteiger partial charge in [0, 0.05) is 43.7 Å². The van der Waals surface area contributed by atoms with Gasteiger partial charge in [0.25, 0.3) is 0 Å². The predicted octanol–water partition coefficient (Wildman–Crippen LogP) is 6.13.